The molecule has 6 heteroatoms. The molecule has 0 atom stereocenters. The zero-order chi connectivity index (χ0) is 22.5. The number of anilines is 1. The van der Waals surface area contributed by atoms with Crippen molar-refractivity contribution in [1.29, 1.82) is 5.26 Å². The van der Waals surface area contributed by atoms with Crippen molar-refractivity contribution in [3.05, 3.63) is 41.6 Å². The minimum absolute atomic E-state index is 0.263. The molecule has 0 amide bonds. The Kier molecular flexibility index (Phi) is 12.9. The van der Waals surface area contributed by atoms with Gasteiger partial charge in [0.15, 0.2) is 0 Å². The Morgan fingerprint density at radius 2 is 1.68 bits per heavy atom. The topological polar surface area (TPSA) is 44.1 Å². The highest BCUT2D eigenvalue weighted by molar-refractivity contribution is 5.57. The molecule has 1 aromatic rings. The minimum Gasteiger partial charge on any atom is -0.348 e. The van der Waals surface area contributed by atoms with Crippen LogP contribution in [0.4, 0.5) is 18.9 Å². The largest absolute Gasteiger partial charge is 0.417 e. The van der Waals surface area contributed by atoms with E-state index in [0.29, 0.717) is 11.4 Å². The smallest absolute Gasteiger partial charge is 0.348 e. The second kappa shape index (κ2) is 13.0. The van der Waals surface area contributed by atoms with Crippen LogP contribution in [0.1, 0.15) is 71.9 Å². The Balaban J connectivity index is 0. The van der Waals surface area contributed by atoms with Crippen LogP contribution >= 0.6 is 0 Å². The standard InChI is InChI=1S/C15H17F3N2.C5H12.C2H4O/c1-10(14(2,3)4)20(5)12-7-6-11(9-19)13(8-12)15(16,17)18;1-3-5-4-2;1-2-3/h6-8H,1H2,2-5H3;3-5H2,1-2H3;2H,1H3. The molecule has 0 aliphatic rings. The summed E-state index contributed by atoms with van der Waals surface area (Å²) in [7, 11) is 1.66. The number of alkyl halides is 3. The van der Waals surface area contributed by atoms with Gasteiger partial charge < -0.3 is 9.69 Å². The number of benzene rings is 1. The number of carbonyl (C=O) groups excluding carboxylic acids is 1. The summed E-state index contributed by atoms with van der Waals surface area (Å²) in [6.45, 7) is 15.6. The van der Waals surface area contributed by atoms with E-state index in [-0.39, 0.29) is 11.0 Å². The summed E-state index contributed by atoms with van der Waals surface area (Å²) in [5.74, 6) is 0. The van der Waals surface area contributed by atoms with Gasteiger partial charge in [-0.25, -0.2) is 0 Å². The van der Waals surface area contributed by atoms with Gasteiger partial charge in [0.2, 0.25) is 0 Å². The van der Waals surface area contributed by atoms with Gasteiger partial charge in [-0.3, -0.25) is 0 Å². The van der Waals surface area contributed by atoms with Crippen LogP contribution in [0.15, 0.2) is 30.5 Å². The first kappa shape index (κ1) is 27.9. The summed E-state index contributed by atoms with van der Waals surface area (Å²) in [6, 6.07) is 5.22. The first-order valence-electron chi connectivity index (χ1n) is 9.25. The highest BCUT2D eigenvalue weighted by Crippen LogP contribution is 2.36. The van der Waals surface area contributed by atoms with Gasteiger partial charge in [0, 0.05) is 23.8 Å². The third-order valence-electron chi connectivity index (χ3n) is 3.79. The number of carbonyl (C=O) groups is 1. The van der Waals surface area contributed by atoms with E-state index in [1.165, 1.54) is 38.3 Å². The van der Waals surface area contributed by atoms with Gasteiger partial charge >= 0.3 is 6.18 Å². The van der Waals surface area contributed by atoms with Crippen molar-refractivity contribution < 1.29 is 18.0 Å². The molecule has 0 heterocycles. The number of hydrogen-bond donors (Lipinski definition) is 0. The summed E-state index contributed by atoms with van der Waals surface area (Å²) in [4.78, 5) is 10.4. The third kappa shape index (κ3) is 10.1. The number of hydrogen-bond acceptors (Lipinski definition) is 3. The number of halogens is 3. The number of aldehydes is 1. The zero-order valence-electron chi connectivity index (χ0n) is 18.1. The predicted molar refractivity (Wildman–Crippen MR) is 110 cm³/mol. The number of nitrogens with zero attached hydrogens (tertiary/aromatic N) is 2. The molecule has 28 heavy (non-hydrogen) atoms. The Bertz CT molecular complexity index is 651. The molecule has 0 aliphatic heterocycles. The Morgan fingerprint density at radius 1 is 1.21 bits per heavy atom. The lowest BCUT2D eigenvalue weighted by Gasteiger charge is -2.31. The van der Waals surface area contributed by atoms with Crippen LogP contribution < -0.4 is 4.90 Å². The number of nitriles is 1. The van der Waals surface area contributed by atoms with Gasteiger partial charge in [0.05, 0.1) is 17.2 Å². The SMILES string of the molecule is C=C(N(C)c1ccc(C#N)c(C(F)(F)F)c1)C(C)(C)C.CC=O.CCCCC. The van der Waals surface area contributed by atoms with E-state index in [1.807, 2.05) is 20.8 Å². The molecule has 0 saturated carbocycles. The lowest BCUT2D eigenvalue weighted by molar-refractivity contribution is -0.137. The van der Waals surface area contributed by atoms with E-state index in [9.17, 15) is 13.2 Å². The maximum absolute atomic E-state index is 12.9. The van der Waals surface area contributed by atoms with Gasteiger partial charge in [-0.05, 0) is 25.1 Å². The summed E-state index contributed by atoms with van der Waals surface area (Å²) < 4.78 is 38.8. The van der Waals surface area contributed by atoms with E-state index in [1.54, 1.807) is 18.0 Å². The second-order valence-corrected chi connectivity index (χ2v) is 7.18. The van der Waals surface area contributed by atoms with Crippen LogP contribution in [0.25, 0.3) is 0 Å². The molecule has 0 saturated heterocycles. The summed E-state index contributed by atoms with van der Waals surface area (Å²) in [5, 5.41) is 8.77. The minimum atomic E-state index is -4.55. The summed E-state index contributed by atoms with van der Waals surface area (Å²) in [6.07, 6.45) is 0.276. The molecule has 0 N–H and O–H groups in total. The molecule has 158 valence electrons. The molecule has 0 spiro atoms. The Labute approximate surface area is 167 Å². The molecular formula is C22H33F3N2O. The van der Waals surface area contributed by atoms with Crippen molar-refractivity contribution in [3.8, 4) is 6.07 Å². The predicted octanol–water partition coefficient (Wildman–Crippen LogP) is 6.97. The maximum Gasteiger partial charge on any atom is 0.417 e. The molecule has 0 bridgehead atoms. The van der Waals surface area contributed by atoms with Gasteiger partial charge in [0.25, 0.3) is 0 Å². The Hall–Kier alpha value is -2.29. The normalized spacial score (nSPS) is 10.5. The van der Waals surface area contributed by atoms with Crippen LogP contribution in [0.5, 0.6) is 0 Å². The molecule has 0 fully saturated rings. The van der Waals surface area contributed by atoms with Crippen LogP contribution in [0.2, 0.25) is 0 Å². The van der Waals surface area contributed by atoms with Crippen molar-refractivity contribution in [2.45, 2.75) is 67.0 Å². The lowest BCUT2D eigenvalue weighted by atomic mass is 9.91. The van der Waals surface area contributed by atoms with Crippen molar-refractivity contribution in [3.63, 3.8) is 0 Å². The maximum atomic E-state index is 12.9. The number of rotatable bonds is 4. The lowest BCUT2D eigenvalue weighted by Crippen LogP contribution is -2.26. The van der Waals surface area contributed by atoms with E-state index < -0.39 is 11.7 Å². The second-order valence-electron chi connectivity index (χ2n) is 7.18. The summed E-state index contributed by atoms with van der Waals surface area (Å²) in [5.41, 5.74) is -0.519. The van der Waals surface area contributed by atoms with E-state index >= 15 is 0 Å². The molecule has 1 rings (SSSR count). The molecule has 1 aromatic carbocycles. The van der Waals surface area contributed by atoms with Crippen molar-refractivity contribution >= 4 is 12.0 Å². The third-order valence-corrected chi connectivity index (χ3v) is 3.79. The van der Waals surface area contributed by atoms with Crippen LogP contribution in [-0.4, -0.2) is 13.3 Å². The van der Waals surface area contributed by atoms with E-state index in [2.05, 4.69) is 20.4 Å². The fourth-order valence-corrected chi connectivity index (χ4v) is 2.09. The Morgan fingerprint density at radius 3 is 1.96 bits per heavy atom. The average Bonchev–Trinajstić information content (AvgIpc) is 2.60. The molecule has 3 nitrogen and oxygen atoms in total. The quantitative estimate of drug-likeness (QED) is 0.514. The molecule has 0 aromatic heterocycles. The fraction of sp³-hybridized carbons (Fsp3) is 0.545. The van der Waals surface area contributed by atoms with Gasteiger partial charge in [-0.2, -0.15) is 18.4 Å². The summed E-state index contributed by atoms with van der Waals surface area (Å²) >= 11 is 0. The van der Waals surface area contributed by atoms with Gasteiger partial charge in [-0.15, -0.1) is 0 Å². The highest BCUT2D eigenvalue weighted by Gasteiger charge is 2.34. The fourth-order valence-electron chi connectivity index (χ4n) is 2.09. The van der Waals surface area contributed by atoms with Crippen molar-refractivity contribution in [2.75, 3.05) is 11.9 Å². The van der Waals surface area contributed by atoms with Crippen molar-refractivity contribution in [2.24, 2.45) is 5.41 Å². The van der Waals surface area contributed by atoms with Crippen molar-refractivity contribution in [1.82, 2.24) is 0 Å². The zero-order valence-corrected chi connectivity index (χ0v) is 18.1. The van der Waals surface area contributed by atoms with E-state index in [4.69, 9.17) is 10.1 Å². The van der Waals surface area contributed by atoms with Crippen LogP contribution in [0.3, 0.4) is 0 Å². The van der Waals surface area contributed by atoms with Crippen LogP contribution in [-0.2, 0) is 11.0 Å². The van der Waals surface area contributed by atoms with Gasteiger partial charge in [0.1, 0.15) is 6.29 Å². The molecule has 0 radical (unpaired) electrons. The van der Waals surface area contributed by atoms with Gasteiger partial charge in [-0.1, -0.05) is 60.5 Å². The number of allylic oxidation sites excluding steroid dienone is 1. The first-order valence-corrected chi connectivity index (χ1v) is 9.25. The monoisotopic (exact) mass is 398 g/mol. The molecular weight excluding hydrogens is 365 g/mol. The van der Waals surface area contributed by atoms with E-state index in [0.717, 1.165) is 12.4 Å². The molecule has 0 unspecified atom stereocenters. The average molecular weight is 399 g/mol. The highest BCUT2D eigenvalue weighted by atomic mass is 19.4. The first-order chi connectivity index (χ1) is 12.8. The number of unbranched alkanes of at least 4 members (excludes halogenated alkanes) is 2. The molecule has 0 aliphatic carbocycles. The van der Waals surface area contributed by atoms with Crippen LogP contribution in [0, 0.1) is 16.7 Å².